The highest BCUT2D eigenvalue weighted by Crippen LogP contribution is 2.17. The summed E-state index contributed by atoms with van der Waals surface area (Å²) in [4.78, 5) is 11.8. The molecule has 0 bridgehead atoms. The molecule has 98 valence electrons. The summed E-state index contributed by atoms with van der Waals surface area (Å²) >= 11 is 0. The Morgan fingerprint density at radius 3 is 2.61 bits per heavy atom. The fourth-order valence-electron chi connectivity index (χ4n) is 2.37. The Balaban J connectivity index is 1.82. The van der Waals surface area contributed by atoms with Gasteiger partial charge in [0.25, 0.3) is 0 Å². The maximum Gasteiger partial charge on any atom is 0.244 e. The van der Waals surface area contributed by atoms with E-state index < -0.39 is 0 Å². The van der Waals surface area contributed by atoms with Crippen molar-refractivity contribution in [3.05, 3.63) is 29.7 Å². The topological polar surface area (TPSA) is 42.2 Å². The molecule has 2 rings (SSSR count). The monoisotopic (exact) mass is 247 g/mol. The summed E-state index contributed by atoms with van der Waals surface area (Å²) in [6.07, 6.45) is 10.6. The second-order valence-electron chi connectivity index (χ2n) is 4.98. The number of hydrogen-bond acceptors (Lipinski definition) is 2. The molecule has 1 heterocycles. The molecule has 1 amide bonds. The SMILES string of the molecule is Cc1ccc(/C=C/C(=O)NC2CCCCCC2)o1. The Kier molecular flexibility index (Phi) is 4.62. The Labute approximate surface area is 108 Å². The van der Waals surface area contributed by atoms with Gasteiger partial charge < -0.3 is 9.73 Å². The normalized spacial score (nSPS) is 17.8. The molecule has 3 nitrogen and oxygen atoms in total. The fraction of sp³-hybridized carbons (Fsp3) is 0.533. The van der Waals surface area contributed by atoms with Crippen LogP contribution in [-0.4, -0.2) is 11.9 Å². The summed E-state index contributed by atoms with van der Waals surface area (Å²) < 4.78 is 5.38. The summed E-state index contributed by atoms with van der Waals surface area (Å²) in [6.45, 7) is 1.89. The van der Waals surface area contributed by atoms with Crippen molar-refractivity contribution in [1.29, 1.82) is 0 Å². The molecule has 0 saturated heterocycles. The minimum Gasteiger partial charge on any atom is -0.462 e. The minimum atomic E-state index is -0.0176. The van der Waals surface area contributed by atoms with Crippen molar-refractivity contribution in [3.63, 3.8) is 0 Å². The van der Waals surface area contributed by atoms with Gasteiger partial charge in [0.05, 0.1) is 0 Å². The maximum absolute atomic E-state index is 11.8. The third kappa shape index (κ3) is 4.06. The van der Waals surface area contributed by atoms with Gasteiger partial charge in [0.2, 0.25) is 5.91 Å². The molecule has 0 radical (unpaired) electrons. The number of rotatable bonds is 3. The van der Waals surface area contributed by atoms with Crippen molar-refractivity contribution in [3.8, 4) is 0 Å². The largest absolute Gasteiger partial charge is 0.462 e. The summed E-state index contributed by atoms with van der Waals surface area (Å²) in [5.74, 6) is 1.57. The maximum atomic E-state index is 11.8. The molecule has 1 aliphatic rings. The Morgan fingerprint density at radius 1 is 1.28 bits per heavy atom. The molecular weight excluding hydrogens is 226 g/mol. The van der Waals surface area contributed by atoms with Crippen LogP contribution in [0.5, 0.6) is 0 Å². The lowest BCUT2D eigenvalue weighted by atomic mass is 10.1. The summed E-state index contributed by atoms with van der Waals surface area (Å²) in [5.41, 5.74) is 0. The van der Waals surface area contributed by atoms with Gasteiger partial charge in [0, 0.05) is 12.1 Å². The summed E-state index contributed by atoms with van der Waals surface area (Å²) in [5, 5.41) is 3.07. The molecule has 1 aromatic heterocycles. The van der Waals surface area contributed by atoms with E-state index in [4.69, 9.17) is 4.42 Å². The van der Waals surface area contributed by atoms with E-state index in [0.29, 0.717) is 6.04 Å². The van der Waals surface area contributed by atoms with Gasteiger partial charge >= 0.3 is 0 Å². The van der Waals surface area contributed by atoms with Crippen LogP contribution in [-0.2, 0) is 4.79 Å². The first-order chi connectivity index (χ1) is 8.74. The Bertz CT molecular complexity index is 412. The van der Waals surface area contributed by atoms with Crippen LogP contribution >= 0.6 is 0 Å². The highest BCUT2D eigenvalue weighted by molar-refractivity contribution is 5.91. The van der Waals surface area contributed by atoms with E-state index in [9.17, 15) is 4.79 Å². The van der Waals surface area contributed by atoms with Gasteiger partial charge in [-0.05, 0) is 38.0 Å². The van der Waals surface area contributed by atoms with Gasteiger partial charge in [-0.3, -0.25) is 4.79 Å². The van der Waals surface area contributed by atoms with E-state index >= 15 is 0 Å². The van der Waals surface area contributed by atoms with Gasteiger partial charge in [-0.25, -0.2) is 0 Å². The molecular formula is C15H21NO2. The molecule has 3 heteroatoms. The Morgan fingerprint density at radius 2 is 2.00 bits per heavy atom. The molecule has 0 atom stereocenters. The zero-order valence-corrected chi connectivity index (χ0v) is 10.9. The average Bonchev–Trinajstić information content (AvgIpc) is 2.60. The molecule has 0 spiro atoms. The van der Waals surface area contributed by atoms with Crippen LogP contribution in [0.2, 0.25) is 0 Å². The number of aryl methyl sites for hydroxylation is 1. The van der Waals surface area contributed by atoms with Crippen LogP contribution in [0.15, 0.2) is 22.6 Å². The van der Waals surface area contributed by atoms with Gasteiger partial charge in [-0.1, -0.05) is 25.7 Å². The van der Waals surface area contributed by atoms with Gasteiger partial charge in [0.15, 0.2) is 0 Å². The third-order valence-electron chi connectivity index (χ3n) is 3.36. The van der Waals surface area contributed by atoms with Crippen LogP contribution in [0.3, 0.4) is 0 Å². The number of furan rings is 1. The number of carbonyl (C=O) groups excluding carboxylic acids is 1. The van der Waals surface area contributed by atoms with Crippen molar-refractivity contribution in [1.82, 2.24) is 5.32 Å². The van der Waals surface area contributed by atoms with Crippen molar-refractivity contribution in [2.45, 2.75) is 51.5 Å². The predicted molar refractivity (Wildman–Crippen MR) is 72.1 cm³/mol. The molecule has 1 aromatic rings. The lowest BCUT2D eigenvalue weighted by Gasteiger charge is -2.14. The van der Waals surface area contributed by atoms with Gasteiger partial charge in [0.1, 0.15) is 11.5 Å². The second kappa shape index (κ2) is 6.43. The van der Waals surface area contributed by atoms with E-state index in [1.54, 1.807) is 12.2 Å². The van der Waals surface area contributed by atoms with Crippen molar-refractivity contribution >= 4 is 12.0 Å². The minimum absolute atomic E-state index is 0.0176. The summed E-state index contributed by atoms with van der Waals surface area (Å²) in [7, 11) is 0. The van der Waals surface area contributed by atoms with Crippen LogP contribution in [0.1, 0.15) is 50.0 Å². The summed E-state index contributed by atoms with van der Waals surface area (Å²) in [6, 6.07) is 4.11. The molecule has 0 unspecified atom stereocenters. The number of carbonyl (C=O) groups is 1. The van der Waals surface area contributed by atoms with E-state index in [1.807, 2.05) is 19.1 Å². The molecule has 1 saturated carbocycles. The van der Waals surface area contributed by atoms with Crippen molar-refractivity contribution in [2.75, 3.05) is 0 Å². The lowest BCUT2D eigenvalue weighted by Crippen LogP contribution is -2.33. The Hall–Kier alpha value is -1.51. The van der Waals surface area contributed by atoms with E-state index in [0.717, 1.165) is 24.4 Å². The third-order valence-corrected chi connectivity index (χ3v) is 3.36. The van der Waals surface area contributed by atoms with Gasteiger partial charge in [-0.2, -0.15) is 0 Å². The van der Waals surface area contributed by atoms with Crippen LogP contribution < -0.4 is 5.32 Å². The van der Waals surface area contributed by atoms with Crippen LogP contribution in [0, 0.1) is 6.92 Å². The molecule has 1 N–H and O–H groups in total. The molecule has 1 aliphatic carbocycles. The fourth-order valence-corrected chi connectivity index (χ4v) is 2.37. The molecule has 0 aliphatic heterocycles. The standard InChI is InChI=1S/C15H21NO2/c1-12-8-9-14(18-12)10-11-15(17)16-13-6-4-2-3-5-7-13/h8-11,13H,2-7H2,1H3,(H,16,17)/b11-10+. The number of amides is 1. The second-order valence-corrected chi connectivity index (χ2v) is 4.98. The zero-order valence-electron chi connectivity index (χ0n) is 10.9. The van der Waals surface area contributed by atoms with Crippen molar-refractivity contribution < 1.29 is 9.21 Å². The van der Waals surface area contributed by atoms with E-state index in [2.05, 4.69) is 5.32 Å². The first-order valence-electron chi connectivity index (χ1n) is 6.79. The van der Waals surface area contributed by atoms with E-state index in [1.165, 1.54) is 25.7 Å². The lowest BCUT2D eigenvalue weighted by molar-refractivity contribution is -0.117. The predicted octanol–water partition coefficient (Wildman–Crippen LogP) is 3.44. The molecule has 0 aromatic carbocycles. The van der Waals surface area contributed by atoms with E-state index in [-0.39, 0.29) is 5.91 Å². The quantitative estimate of drug-likeness (QED) is 0.656. The molecule has 1 fully saturated rings. The van der Waals surface area contributed by atoms with Gasteiger partial charge in [-0.15, -0.1) is 0 Å². The zero-order chi connectivity index (χ0) is 12.8. The first-order valence-corrected chi connectivity index (χ1v) is 6.79. The van der Waals surface area contributed by atoms with Crippen LogP contribution in [0.25, 0.3) is 6.08 Å². The average molecular weight is 247 g/mol. The molecule has 18 heavy (non-hydrogen) atoms. The highest BCUT2D eigenvalue weighted by Gasteiger charge is 2.13. The number of hydrogen-bond donors (Lipinski definition) is 1. The first kappa shape index (κ1) is 12.9. The van der Waals surface area contributed by atoms with Crippen LogP contribution in [0.4, 0.5) is 0 Å². The number of nitrogens with one attached hydrogen (secondary N) is 1. The van der Waals surface area contributed by atoms with Crippen molar-refractivity contribution in [2.24, 2.45) is 0 Å². The smallest absolute Gasteiger partial charge is 0.244 e. The highest BCUT2D eigenvalue weighted by atomic mass is 16.3.